The normalized spacial score (nSPS) is 15.1. The molecule has 0 aliphatic heterocycles. The van der Waals surface area contributed by atoms with Gasteiger partial charge in [0, 0.05) is 6.42 Å². The summed E-state index contributed by atoms with van der Waals surface area (Å²) < 4.78 is 1.90. The zero-order valence-electron chi connectivity index (χ0n) is 17.1. The number of anilines is 1. The second kappa shape index (κ2) is 8.31. The number of Topliss-reactive ketones (excluding diaryl/α,β-unsaturated/α-hetero) is 1. The Morgan fingerprint density at radius 2 is 2.10 bits per heavy atom. The van der Waals surface area contributed by atoms with Gasteiger partial charge in [-0.25, -0.2) is 4.98 Å². The highest BCUT2D eigenvalue weighted by molar-refractivity contribution is 7.99. The molecular weight excluding hydrogens is 418 g/mol. The molecule has 0 radical (unpaired) electrons. The molecule has 3 aromatic rings. The smallest absolute Gasteiger partial charge is 0.236 e. The Hall–Kier alpha value is -2.52. The first-order valence-electron chi connectivity index (χ1n) is 9.80. The largest absolute Gasteiger partial charge is 0.301 e. The van der Waals surface area contributed by atoms with Gasteiger partial charge in [0.05, 0.1) is 22.0 Å². The van der Waals surface area contributed by atoms with E-state index in [-0.39, 0.29) is 22.9 Å². The van der Waals surface area contributed by atoms with E-state index in [1.165, 1.54) is 28.7 Å². The van der Waals surface area contributed by atoms with Crippen LogP contribution in [0.4, 0.5) is 5.13 Å². The molecule has 2 aromatic heterocycles. The van der Waals surface area contributed by atoms with Gasteiger partial charge in [-0.3, -0.25) is 14.2 Å². The maximum atomic E-state index is 12.5. The number of aryl methyl sites for hydroxylation is 1. The third-order valence-electron chi connectivity index (χ3n) is 4.96. The van der Waals surface area contributed by atoms with E-state index in [4.69, 9.17) is 0 Å². The molecule has 1 N–H and O–H groups in total. The number of para-hydroxylation sites is 1. The van der Waals surface area contributed by atoms with E-state index >= 15 is 0 Å². The van der Waals surface area contributed by atoms with Crippen LogP contribution < -0.4 is 5.32 Å². The average molecular weight is 442 g/mol. The fourth-order valence-electron chi connectivity index (χ4n) is 3.59. The lowest BCUT2D eigenvalue weighted by molar-refractivity contribution is -0.113. The molecule has 0 saturated carbocycles. The molecule has 1 aliphatic rings. The van der Waals surface area contributed by atoms with Crippen molar-refractivity contribution in [2.24, 2.45) is 5.41 Å². The van der Waals surface area contributed by atoms with Crippen LogP contribution >= 0.6 is 23.1 Å². The van der Waals surface area contributed by atoms with Gasteiger partial charge in [-0.15, -0.1) is 10.2 Å². The number of benzene rings is 1. The molecule has 156 valence electrons. The molecule has 1 amide bonds. The number of nitrogens with zero attached hydrogens (tertiary/aromatic N) is 4. The Morgan fingerprint density at radius 1 is 1.30 bits per heavy atom. The lowest BCUT2D eigenvalue weighted by Gasteiger charge is -2.26. The number of rotatable bonds is 6. The number of hydrogen-bond acceptors (Lipinski definition) is 7. The van der Waals surface area contributed by atoms with Crippen LogP contribution in [0.15, 0.2) is 35.7 Å². The van der Waals surface area contributed by atoms with E-state index in [1.807, 2.05) is 22.8 Å². The summed E-state index contributed by atoms with van der Waals surface area (Å²) in [5.74, 6) is 0.101. The molecule has 0 fully saturated rings. The molecule has 0 unspecified atom stereocenters. The molecule has 7 nitrogen and oxygen atoms in total. The van der Waals surface area contributed by atoms with E-state index in [0.29, 0.717) is 21.6 Å². The van der Waals surface area contributed by atoms with Gasteiger partial charge in [0.25, 0.3) is 0 Å². The van der Waals surface area contributed by atoms with E-state index < -0.39 is 0 Å². The highest BCUT2D eigenvalue weighted by atomic mass is 32.2. The van der Waals surface area contributed by atoms with Crippen molar-refractivity contribution >= 4 is 39.9 Å². The summed E-state index contributed by atoms with van der Waals surface area (Å²) in [7, 11) is 0. The number of aromatic nitrogens is 4. The predicted molar refractivity (Wildman–Crippen MR) is 119 cm³/mol. The maximum Gasteiger partial charge on any atom is 0.236 e. The van der Waals surface area contributed by atoms with Crippen molar-refractivity contribution < 1.29 is 9.59 Å². The Labute approximate surface area is 183 Å². The van der Waals surface area contributed by atoms with E-state index in [0.717, 1.165) is 24.2 Å². The molecule has 30 heavy (non-hydrogen) atoms. The summed E-state index contributed by atoms with van der Waals surface area (Å²) in [4.78, 5) is 30.0. The van der Waals surface area contributed by atoms with Gasteiger partial charge in [0.2, 0.25) is 5.91 Å². The van der Waals surface area contributed by atoms with Crippen molar-refractivity contribution in [1.29, 1.82) is 0 Å². The molecule has 4 rings (SSSR count). The summed E-state index contributed by atoms with van der Waals surface area (Å²) in [6.45, 7) is 6.23. The van der Waals surface area contributed by atoms with Crippen molar-refractivity contribution in [3.8, 4) is 5.69 Å². The molecule has 0 atom stereocenters. The van der Waals surface area contributed by atoms with Crippen molar-refractivity contribution in [2.75, 3.05) is 11.1 Å². The van der Waals surface area contributed by atoms with Crippen molar-refractivity contribution in [3.05, 3.63) is 46.7 Å². The fourth-order valence-corrected chi connectivity index (χ4v) is 5.25. The number of hydrogen-bond donors (Lipinski definition) is 1. The number of thioether (sulfide) groups is 1. The Kier molecular flexibility index (Phi) is 5.75. The molecule has 1 aromatic carbocycles. The number of thiazole rings is 1. The number of nitrogens with one attached hydrogen (secondary N) is 1. The molecule has 9 heteroatoms. The topological polar surface area (TPSA) is 89.8 Å². The van der Waals surface area contributed by atoms with Crippen molar-refractivity contribution in [2.45, 2.75) is 45.2 Å². The van der Waals surface area contributed by atoms with Crippen LogP contribution in [0.5, 0.6) is 0 Å². The van der Waals surface area contributed by atoms with Crippen LogP contribution in [-0.2, 0) is 17.6 Å². The highest BCUT2D eigenvalue weighted by Gasteiger charge is 2.34. The minimum absolute atomic E-state index is 0.0891. The van der Waals surface area contributed by atoms with Gasteiger partial charge in [-0.1, -0.05) is 62.1 Å². The first kappa shape index (κ1) is 20.7. The predicted octanol–water partition coefficient (Wildman–Crippen LogP) is 4.17. The van der Waals surface area contributed by atoms with Gasteiger partial charge in [0.1, 0.15) is 6.33 Å². The summed E-state index contributed by atoms with van der Waals surface area (Å²) in [5, 5.41) is 12.1. The summed E-state index contributed by atoms with van der Waals surface area (Å²) in [5.41, 5.74) is 2.90. The zero-order valence-corrected chi connectivity index (χ0v) is 18.8. The van der Waals surface area contributed by atoms with Crippen LogP contribution in [0, 0.1) is 5.41 Å². The molecule has 2 heterocycles. The number of carbonyl (C=O) groups is 2. The first-order valence-corrected chi connectivity index (χ1v) is 11.6. The molecule has 0 saturated heterocycles. The Balaban J connectivity index is 1.43. The zero-order chi connectivity index (χ0) is 21.3. The monoisotopic (exact) mass is 441 g/mol. The van der Waals surface area contributed by atoms with Gasteiger partial charge >= 0.3 is 0 Å². The van der Waals surface area contributed by atoms with Gasteiger partial charge in [0.15, 0.2) is 16.1 Å². The van der Waals surface area contributed by atoms with Crippen LogP contribution in [0.25, 0.3) is 5.69 Å². The molecular formula is C21H23N5O2S2. The minimum atomic E-state index is -0.184. The van der Waals surface area contributed by atoms with E-state index in [9.17, 15) is 9.59 Å². The Bertz CT molecular complexity index is 1100. The SMILES string of the molecule is CCc1ccccc1-n1cnnc1SCC(=O)Nc1nc2c(s1)C(=O)CC(C)(C)C2. The van der Waals surface area contributed by atoms with Crippen molar-refractivity contribution in [3.63, 3.8) is 0 Å². The van der Waals surface area contributed by atoms with Gasteiger partial charge in [-0.2, -0.15) is 0 Å². The first-order chi connectivity index (χ1) is 14.4. The van der Waals surface area contributed by atoms with Gasteiger partial charge in [-0.05, 0) is 29.9 Å². The Morgan fingerprint density at radius 3 is 2.90 bits per heavy atom. The lowest BCUT2D eigenvalue weighted by Crippen LogP contribution is -2.26. The highest BCUT2D eigenvalue weighted by Crippen LogP contribution is 2.38. The summed E-state index contributed by atoms with van der Waals surface area (Å²) >= 11 is 2.58. The van der Waals surface area contributed by atoms with Crippen LogP contribution in [0.1, 0.15) is 48.1 Å². The lowest BCUT2D eigenvalue weighted by atomic mass is 9.78. The van der Waals surface area contributed by atoms with E-state index in [1.54, 1.807) is 6.33 Å². The van der Waals surface area contributed by atoms with Gasteiger partial charge < -0.3 is 5.32 Å². The van der Waals surface area contributed by atoms with Crippen LogP contribution in [0.3, 0.4) is 0 Å². The fraction of sp³-hybridized carbons (Fsp3) is 0.381. The molecule has 1 aliphatic carbocycles. The molecule has 0 spiro atoms. The second-order valence-electron chi connectivity index (χ2n) is 8.04. The third-order valence-corrected chi connectivity index (χ3v) is 6.96. The summed E-state index contributed by atoms with van der Waals surface area (Å²) in [6.07, 6.45) is 3.82. The quantitative estimate of drug-likeness (QED) is 0.578. The standard InChI is InChI=1S/C21H23N5O2S2/c1-4-13-7-5-6-8-15(13)26-12-22-25-20(26)29-11-17(28)24-19-23-14-9-21(2,3)10-16(27)18(14)30-19/h5-8,12H,4,9-11H2,1-3H3,(H,23,24,28). The number of ketones is 1. The average Bonchev–Trinajstić information content (AvgIpc) is 3.32. The number of fused-ring (bicyclic) bond motifs is 1. The number of amides is 1. The maximum absolute atomic E-state index is 12.5. The van der Waals surface area contributed by atoms with Crippen molar-refractivity contribution in [1.82, 2.24) is 19.7 Å². The van der Waals surface area contributed by atoms with Crippen LogP contribution in [-0.4, -0.2) is 37.2 Å². The number of carbonyl (C=O) groups excluding carboxylic acids is 2. The molecule has 0 bridgehead atoms. The second-order valence-corrected chi connectivity index (χ2v) is 9.98. The van der Waals surface area contributed by atoms with Crippen LogP contribution in [0.2, 0.25) is 0 Å². The minimum Gasteiger partial charge on any atom is -0.301 e. The summed E-state index contributed by atoms with van der Waals surface area (Å²) in [6, 6.07) is 8.07. The third kappa shape index (κ3) is 4.32. The van der Waals surface area contributed by atoms with E-state index in [2.05, 4.69) is 47.3 Å².